The van der Waals surface area contributed by atoms with Crippen LogP contribution in [0.15, 0.2) is 36.4 Å². The van der Waals surface area contributed by atoms with Crippen molar-refractivity contribution in [1.82, 2.24) is 0 Å². The minimum Gasteiger partial charge on any atom is -0.493 e. The molecule has 2 aromatic rings. The van der Waals surface area contributed by atoms with Crippen LogP contribution in [-0.4, -0.2) is 13.2 Å². The Labute approximate surface area is 106 Å². The van der Waals surface area contributed by atoms with Crippen LogP contribution in [0, 0.1) is 5.92 Å². The van der Waals surface area contributed by atoms with Gasteiger partial charge < -0.3 is 10.5 Å². The van der Waals surface area contributed by atoms with Gasteiger partial charge in [-0.3, -0.25) is 0 Å². The standard InChI is InChI=1S/C14H16ClNO/c1-10(8-16)9-17-14-7-6-13(15)11-4-2-3-5-12(11)14/h2-7,10H,8-9,16H2,1H3. The molecule has 2 rings (SSSR count). The topological polar surface area (TPSA) is 35.2 Å². The van der Waals surface area contributed by atoms with Crippen molar-refractivity contribution in [1.29, 1.82) is 0 Å². The first-order valence-electron chi connectivity index (χ1n) is 5.72. The molecule has 0 bridgehead atoms. The number of ether oxygens (including phenoxy) is 1. The monoisotopic (exact) mass is 249 g/mol. The molecule has 0 aliphatic heterocycles. The van der Waals surface area contributed by atoms with Crippen molar-refractivity contribution in [2.45, 2.75) is 6.92 Å². The average Bonchev–Trinajstić information content (AvgIpc) is 2.38. The summed E-state index contributed by atoms with van der Waals surface area (Å²) in [7, 11) is 0. The number of hydrogen-bond donors (Lipinski definition) is 1. The van der Waals surface area contributed by atoms with Crippen LogP contribution < -0.4 is 10.5 Å². The molecular weight excluding hydrogens is 234 g/mol. The first-order chi connectivity index (χ1) is 8.22. The van der Waals surface area contributed by atoms with Gasteiger partial charge in [-0.05, 0) is 18.7 Å². The number of hydrogen-bond acceptors (Lipinski definition) is 2. The predicted molar refractivity (Wildman–Crippen MR) is 72.7 cm³/mol. The van der Waals surface area contributed by atoms with Crippen LogP contribution in [0.5, 0.6) is 5.75 Å². The molecule has 0 spiro atoms. The van der Waals surface area contributed by atoms with E-state index in [2.05, 4.69) is 6.92 Å². The highest BCUT2D eigenvalue weighted by Crippen LogP contribution is 2.31. The highest BCUT2D eigenvalue weighted by atomic mass is 35.5. The molecule has 90 valence electrons. The summed E-state index contributed by atoms with van der Waals surface area (Å²) < 4.78 is 5.79. The lowest BCUT2D eigenvalue weighted by atomic mass is 10.1. The first-order valence-corrected chi connectivity index (χ1v) is 6.10. The largest absolute Gasteiger partial charge is 0.493 e. The third-order valence-corrected chi connectivity index (χ3v) is 3.09. The van der Waals surface area contributed by atoms with Gasteiger partial charge in [0.05, 0.1) is 6.61 Å². The van der Waals surface area contributed by atoms with Crippen LogP contribution in [0.2, 0.25) is 5.02 Å². The number of benzene rings is 2. The number of nitrogens with two attached hydrogens (primary N) is 1. The van der Waals surface area contributed by atoms with Gasteiger partial charge in [0.15, 0.2) is 0 Å². The molecule has 0 aliphatic rings. The van der Waals surface area contributed by atoms with E-state index in [9.17, 15) is 0 Å². The Morgan fingerprint density at radius 3 is 2.59 bits per heavy atom. The quantitative estimate of drug-likeness (QED) is 0.901. The van der Waals surface area contributed by atoms with Crippen molar-refractivity contribution in [2.75, 3.05) is 13.2 Å². The van der Waals surface area contributed by atoms with Gasteiger partial charge in [-0.2, -0.15) is 0 Å². The van der Waals surface area contributed by atoms with E-state index in [-0.39, 0.29) is 0 Å². The normalized spacial score (nSPS) is 12.6. The molecular formula is C14H16ClNO. The van der Waals surface area contributed by atoms with Crippen molar-refractivity contribution in [3.63, 3.8) is 0 Å². The second-order valence-electron chi connectivity index (χ2n) is 4.24. The maximum atomic E-state index is 6.14. The number of fused-ring (bicyclic) bond motifs is 1. The van der Waals surface area contributed by atoms with Gasteiger partial charge in [0.1, 0.15) is 5.75 Å². The Hall–Kier alpha value is -1.25. The van der Waals surface area contributed by atoms with Gasteiger partial charge in [-0.15, -0.1) is 0 Å². The zero-order valence-corrected chi connectivity index (χ0v) is 10.6. The van der Waals surface area contributed by atoms with Gasteiger partial charge in [0, 0.05) is 21.7 Å². The highest BCUT2D eigenvalue weighted by molar-refractivity contribution is 6.35. The lowest BCUT2D eigenvalue weighted by Gasteiger charge is -2.13. The highest BCUT2D eigenvalue weighted by Gasteiger charge is 2.06. The van der Waals surface area contributed by atoms with Gasteiger partial charge in [-0.1, -0.05) is 42.8 Å². The Morgan fingerprint density at radius 1 is 1.18 bits per heavy atom. The lowest BCUT2D eigenvalue weighted by molar-refractivity contribution is 0.267. The molecule has 17 heavy (non-hydrogen) atoms. The van der Waals surface area contributed by atoms with Gasteiger partial charge in [0.2, 0.25) is 0 Å². The van der Waals surface area contributed by atoms with Crippen LogP contribution in [0.25, 0.3) is 10.8 Å². The van der Waals surface area contributed by atoms with E-state index in [0.29, 0.717) is 19.1 Å². The maximum absolute atomic E-state index is 6.14. The molecule has 2 nitrogen and oxygen atoms in total. The Balaban J connectivity index is 2.32. The molecule has 0 saturated carbocycles. The summed E-state index contributed by atoms with van der Waals surface area (Å²) in [5.74, 6) is 1.22. The van der Waals surface area contributed by atoms with Crippen molar-refractivity contribution >= 4 is 22.4 Å². The van der Waals surface area contributed by atoms with E-state index in [1.807, 2.05) is 36.4 Å². The fourth-order valence-electron chi connectivity index (χ4n) is 1.66. The van der Waals surface area contributed by atoms with Crippen LogP contribution in [-0.2, 0) is 0 Å². The van der Waals surface area contributed by atoms with Gasteiger partial charge in [-0.25, -0.2) is 0 Å². The van der Waals surface area contributed by atoms with Gasteiger partial charge >= 0.3 is 0 Å². The summed E-state index contributed by atoms with van der Waals surface area (Å²) in [5, 5.41) is 2.82. The van der Waals surface area contributed by atoms with E-state index in [4.69, 9.17) is 22.1 Å². The fourth-order valence-corrected chi connectivity index (χ4v) is 1.89. The molecule has 0 radical (unpaired) electrons. The Bertz CT molecular complexity index is 513. The van der Waals surface area contributed by atoms with E-state index in [1.165, 1.54) is 0 Å². The van der Waals surface area contributed by atoms with E-state index in [1.54, 1.807) is 0 Å². The third-order valence-electron chi connectivity index (χ3n) is 2.76. The molecule has 0 heterocycles. The summed E-state index contributed by atoms with van der Waals surface area (Å²) in [6, 6.07) is 11.7. The summed E-state index contributed by atoms with van der Waals surface area (Å²) in [5.41, 5.74) is 5.57. The van der Waals surface area contributed by atoms with Crippen molar-refractivity contribution < 1.29 is 4.74 Å². The van der Waals surface area contributed by atoms with Crippen LogP contribution >= 0.6 is 11.6 Å². The molecule has 0 aromatic heterocycles. The molecule has 0 aliphatic carbocycles. The summed E-state index contributed by atoms with van der Waals surface area (Å²) in [4.78, 5) is 0. The summed E-state index contributed by atoms with van der Waals surface area (Å²) in [6.07, 6.45) is 0. The van der Waals surface area contributed by atoms with E-state index >= 15 is 0 Å². The third kappa shape index (κ3) is 2.71. The minimum absolute atomic E-state index is 0.351. The SMILES string of the molecule is CC(CN)COc1ccc(Cl)c2ccccc12. The zero-order chi connectivity index (χ0) is 12.3. The van der Waals surface area contributed by atoms with Crippen molar-refractivity contribution in [3.8, 4) is 5.75 Å². The van der Waals surface area contributed by atoms with Crippen LogP contribution in [0.3, 0.4) is 0 Å². The minimum atomic E-state index is 0.351. The summed E-state index contributed by atoms with van der Waals surface area (Å²) in [6.45, 7) is 3.33. The number of rotatable bonds is 4. The van der Waals surface area contributed by atoms with Crippen molar-refractivity contribution in [3.05, 3.63) is 41.4 Å². The molecule has 2 aromatic carbocycles. The first kappa shape index (κ1) is 12.2. The Morgan fingerprint density at radius 2 is 1.88 bits per heavy atom. The van der Waals surface area contributed by atoms with Crippen molar-refractivity contribution in [2.24, 2.45) is 11.7 Å². The van der Waals surface area contributed by atoms with E-state index < -0.39 is 0 Å². The van der Waals surface area contributed by atoms with Crippen LogP contribution in [0.1, 0.15) is 6.92 Å². The Kier molecular flexibility index (Phi) is 3.87. The molecule has 2 N–H and O–H groups in total. The predicted octanol–water partition coefficient (Wildman–Crippen LogP) is 3.47. The molecule has 0 saturated heterocycles. The van der Waals surface area contributed by atoms with Gasteiger partial charge in [0.25, 0.3) is 0 Å². The smallest absolute Gasteiger partial charge is 0.127 e. The molecule has 3 heteroatoms. The lowest BCUT2D eigenvalue weighted by Crippen LogP contribution is -2.18. The summed E-state index contributed by atoms with van der Waals surface area (Å²) >= 11 is 6.14. The second kappa shape index (κ2) is 5.39. The molecule has 1 unspecified atom stereocenters. The molecule has 0 amide bonds. The second-order valence-corrected chi connectivity index (χ2v) is 4.65. The zero-order valence-electron chi connectivity index (χ0n) is 9.82. The van der Waals surface area contributed by atoms with E-state index in [0.717, 1.165) is 21.5 Å². The average molecular weight is 250 g/mol. The fraction of sp³-hybridized carbons (Fsp3) is 0.286. The van der Waals surface area contributed by atoms with Crippen LogP contribution in [0.4, 0.5) is 0 Å². The number of halogens is 1. The maximum Gasteiger partial charge on any atom is 0.127 e. The molecule has 1 atom stereocenters. The molecule has 0 fully saturated rings.